The number of carbonyl (C=O) groups excluding carboxylic acids is 1. The molecular weight excluding hydrogens is 378 g/mol. The maximum atomic E-state index is 12.9. The van der Waals surface area contributed by atoms with Crippen molar-refractivity contribution < 1.29 is 14.3 Å². The predicted molar refractivity (Wildman–Crippen MR) is 117 cm³/mol. The molecule has 1 atom stereocenters. The number of nitrogens with one attached hydrogen (secondary N) is 1. The van der Waals surface area contributed by atoms with Gasteiger partial charge in [0.05, 0.1) is 18.5 Å². The molecule has 30 heavy (non-hydrogen) atoms. The average molecular weight is 405 g/mol. The summed E-state index contributed by atoms with van der Waals surface area (Å²) < 4.78 is 13.5. The standard InChI is InChI=1S/C24H27N3O3/c1-16-11-12-21(22(14-16)29-3)30-17(2)24(28)26-19-9-5-4-8-18(19)20-15-27-13-7-6-10-23(27)25-20/h4-5,8-9,11-12,14-15,17H,6-7,10,13H2,1-3H3,(H,26,28)/t17-/m1/s1. The van der Waals surface area contributed by atoms with Crippen molar-refractivity contribution >= 4 is 11.6 Å². The van der Waals surface area contributed by atoms with Gasteiger partial charge >= 0.3 is 0 Å². The second-order valence-electron chi connectivity index (χ2n) is 7.64. The first-order valence-corrected chi connectivity index (χ1v) is 10.3. The van der Waals surface area contributed by atoms with Gasteiger partial charge in [-0.1, -0.05) is 24.3 Å². The number of benzene rings is 2. The number of ether oxygens (including phenoxy) is 2. The van der Waals surface area contributed by atoms with Gasteiger partial charge in [0, 0.05) is 24.7 Å². The molecule has 1 aliphatic heterocycles. The van der Waals surface area contributed by atoms with E-state index in [0.717, 1.165) is 41.3 Å². The molecule has 156 valence electrons. The number of amides is 1. The fourth-order valence-electron chi connectivity index (χ4n) is 3.71. The number of aryl methyl sites for hydroxylation is 3. The van der Waals surface area contributed by atoms with Crippen molar-refractivity contribution in [2.45, 2.75) is 45.8 Å². The van der Waals surface area contributed by atoms with Crippen molar-refractivity contribution in [3.05, 3.63) is 60.0 Å². The molecule has 4 rings (SSSR count). The minimum absolute atomic E-state index is 0.228. The Morgan fingerprint density at radius 1 is 1.17 bits per heavy atom. The molecule has 0 aliphatic carbocycles. The van der Waals surface area contributed by atoms with Crippen molar-refractivity contribution in [3.63, 3.8) is 0 Å². The van der Waals surface area contributed by atoms with Crippen LogP contribution < -0.4 is 14.8 Å². The second kappa shape index (κ2) is 8.61. The average Bonchev–Trinajstić information content (AvgIpc) is 3.19. The Hall–Kier alpha value is -3.28. The zero-order valence-corrected chi connectivity index (χ0v) is 17.6. The fourth-order valence-corrected chi connectivity index (χ4v) is 3.71. The van der Waals surface area contributed by atoms with Crippen LogP contribution in [0.4, 0.5) is 5.69 Å². The van der Waals surface area contributed by atoms with E-state index in [4.69, 9.17) is 14.5 Å². The SMILES string of the molecule is COc1cc(C)ccc1O[C@H](C)C(=O)Nc1ccccc1-c1cn2c(n1)CCCC2. The summed E-state index contributed by atoms with van der Waals surface area (Å²) in [5, 5.41) is 3.00. The molecule has 6 nitrogen and oxygen atoms in total. The zero-order chi connectivity index (χ0) is 21.1. The summed E-state index contributed by atoms with van der Waals surface area (Å²) >= 11 is 0. The van der Waals surface area contributed by atoms with E-state index >= 15 is 0 Å². The summed E-state index contributed by atoms with van der Waals surface area (Å²) in [6, 6.07) is 13.4. The van der Waals surface area contributed by atoms with E-state index in [1.165, 1.54) is 12.8 Å². The highest BCUT2D eigenvalue weighted by atomic mass is 16.5. The van der Waals surface area contributed by atoms with Gasteiger partial charge < -0.3 is 19.4 Å². The lowest BCUT2D eigenvalue weighted by Crippen LogP contribution is -2.30. The summed E-state index contributed by atoms with van der Waals surface area (Å²) in [5.41, 5.74) is 3.58. The number of para-hydroxylation sites is 1. The van der Waals surface area contributed by atoms with E-state index in [1.54, 1.807) is 14.0 Å². The van der Waals surface area contributed by atoms with Crippen LogP contribution in [-0.2, 0) is 17.8 Å². The monoisotopic (exact) mass is 405 g/mol. The number of hydrogen-bond acceptors (Lipinski definition) is 4. The number of anilines is 1. The van der Waals surface area contributed by atoms with E-state index in [0.29, 0.717) is 11.5 Å². The number of fused-ring (bicyclic) bond motifs is 1. The lowest BCUT2D eigenvalue weighted by molar-refractivity contribution is -0.122. The second-order valence-corrected chi connectivity index (χ2v) is 7.64. The molecule has 0 radical (unpaired) electrons. The highest BCUT2D eigenvalue weighted by Gasteiger charge is 2.20. The Morgan fingerprint density at radius 2 is 2.00 bits per heavy atom. The minimum atomic E-state index is -0.690. The predicted octanol–water partition coefficient (Wildman–Crippen LogP) is 4.61. The highest BCUT2D eigenvalue weighted by molar-refractivity contribution is 5.97. The summed E-state index contributed by atoms with van der Waals surface area (Å²) in [6.07, 6.45) is 4.74. The molecule has 2 aromatic carbocycles. The normalized spacial score (nSPS) is 14.0. The summed E-state index contributed by atoms with van der Waals surface area (Å²) in [6.45, 7) is 4.71. The van der Waals surface area contributed by atoms with E-state index in [9.17, 15) is 4.79 Å². The number of imidazole rings is 1. The van der Waals surface area contributed by atoms with Crippen LogP contribution in [0.1, 0.15) is 31.2 Å². The highest BCUT2D eigenvalue weighted by Crippen LogP contribution is 2.31. The number of methoxy groups -OCH3 is 1. The third-order valence-corrected chi connectivity index (χ3v) is 5.36. The first kappa shape index (κ1) is 20.0. The van der Waals surface area contributed by atoms with Gasteiger partial charge in [0.2, 0.25) is 0 Å². The molecule has 2 heterocycles. The van der Waals surface area contributed by atoms with E-state index in [1.807, 2.05) is 49.4 Å². The molecule has 0 fully saturated rings. The van der Waals surface area contributed by atoms with Crippen LogP contribution in [0.15, 0.2) is 48.7 Å². The van der Waals surface area contributed by atoms with Crippen LogP contribution >= 0.6 is 0 Å². The number of hydrogen-bond donors (Lipinski definition) is 1. The summed E-state index contributed by atoms with van der Waals surface area (Å²) in [7, 11) is 1.59. The molecule has 1 aliphatic rings. The Balaban J connectivity index is 1.52. The fraction of sp³-hybridized carbons (Fsp3) is 0.333. The van der Waals surface area contributed by atoms with Gasteiger partial charge in [-0.25, -0.2) is 4.98 Å². The molecule has 6 heteroatoms. The molecule has 0 spiro atoms. The lowest BCUT2D eigenvalue weighted by Gasteiger charge is -2.18. The third-order valence-electron chi connectivity index (χ3n) is 5.36. The molecule has 1 N–H and O–H groups in total. The van der Waals surface area contributed by atoms with Crippen LogP contribution in [0.25, 0.3) is 11.3 Å². The Kier molecular flexibility index (Phi) is 5.74. The maximum Gasteiger partial charge on any atom is 0.265 e. The quantitative estimate of drug-likeness (QED) is 0.650. The van der Waals surface area contributed by atoms with Gasteiger partial charge in [-0.2, -0.15) is 0 Å². The van der Waals surface area contributed by atoms with Crippen molar-refractivity contribution in [2.75, 3.05) is 12.4 Å². The number of carbonyl (C=O) groups is 1. The number of rotatable bonds is 6. The van der Waals surface area contributed by atoms with E-state index in [-0.39, 0.29) is 5.91 Å². The maximum absolute atomic E-state index is 12.9. The molecule has 3 aromatic rings. The van der Waals surface area contributed by atoms with Crippen LogP contribution in [0.2, 0.25) is 0 Å². The first-order valence-electron chi connectivity index (χ1n) is 10.3. The third kappa shape index (κ3) is 4.17. The van der Waals surface area contributed by atoms with Gasteiger partial charge in [0.15, 0.2) is 17.6 Å². The largest absolute Gasteiger partial charge is 0.493 e. The first-order chi connectivity index (χ1) is 14.5. The smallest absolute Gasteiger partial charge is 0.265 e. The van der Waals surface area contributed by atoms with Gasteiger partial charge in [0.25, 0.3) is 5.91 Å². The number of nitrogens with zero attached hydrogens (tertiary/aromatic N) is 2. The van der Waals surface area contributed by atoms with Crippen molar-refractivity contribution in [1.29, 1.82) is 0 Å². The van der Waals surface area contributed by atoms with Gasteiger partial charge in [0.1, 0.15) is 5.82 Å². The lowest BCUT2D eigenvalue weighted by atomic mass is 10.1. The molecule has 0 bridgehead atoms. The van der Waals surface area contributed by atoms with Crippen LogP contribution in [-0.4, -0.2) is 28.7 Å². The molecular formula is C24H27N3O3. The Labute approximate surface area is 176 Å². The van der Waals surface area contributed by atoms with Crippen LogP contribution in [0.3, 0.4) is 0 Å². The molecule has 0 unspecified atom stereocenters. The van der Waals surface area contributed by atoms with Gasteiger partial charge in [-0.3, -0.25) is 4.79 Å². The summed E-state index contributed by atoms with van der Waals surface area (Å²) in [4.78, 5) is 17.7. The van der Waals surface area contributed by atoms with Crippen molar-refractivity contribution in [3.8, 4) is 22.8 Å². The van der Waals surface area contributed by atoms with Crippen molar-refractivity contribution in [1.82, 2.24) is 9.55 Å². The van der Waals surface area contributed by atoms with Gasteiger partial charge in [-0.05, 0) is 50.5 Å². The topological polar surface area (TPSA) is 65.4 Å². The van der Waals surface area contributed by atoms with Crippen molar-refractivity contribution in [2.24, 2.45) is 0 Å². The Bertz CT molecular complexity index is 1030. The zero-order valence-electron chi connectivity index (χ0n) is 17.6. The van der Waals surface area contributed by atoms with E-state index in [2.05, 4.69) is 16.1 Å². The Morgan fingerprint density at radius 3 is 2.80 bits per heavy atom. The molecule has 1 amide bonds. The van der Waals surface area contributed by atoms with E-state index < -0.39 is 6.10 Å². The van der Waals surface area contributed by atoms with Gasteiger partial charge in [-0.15, -0.1) is 0 Å². The molecule has 0 saturated carbocycles. The minimum Gasteiger partial charge on any atom is -0.493 e. The van der Waals surface area contributed by atoms with Crippen LogP contribution in [0, 0.1) is 6.92 Å². The summed E-state index contributed by atoms with van der Waals surface area (Å²) in [5.74, 6) is 2.04. The molecule has 0 saturated heterocycles. The number of aromatic nitrogens is 2. The van der Waals surface area contributed by atoms with Crippen LogP contribution in [0.5, 0.6) is 11.5 Å². The molecule has 1 aromatic heterocycles.